The lowest BCUT2D eigenvalue weighted by molar-refractivity contribution is -0.123. The lowest BCUT2D eigenvalue weighted by Gasteiger charge is -2.19. The Labute approximate surface area is 139 Å². The largest absolute Gasteiger partial charge is 0.332 e. The quantitative estimate of drug-likeness (QED) is 0.871. The number of hydrazone groups is 1. The molecule has 2 aliphatic heterocycles. The molecule has 1 amide bonds. The first kappa shape index (κ1) is 14.2. The zero-order valence-electron chi connectivity index (χ0n) is 12.4. The number of nitrogens with zero attached hydrogens (tertiary/aromatic N) is 4. The number of likely N-dealkylation sites (tertiary alicyclic amines) is 1. The van der Waals surface area contributed by atoms with E-state index in [0.29, 0.717) is 23.8 Å². The molecule has 0 spiro atoms. The van der Waals surface area contributed by atoms with Crippen LogP contribution >= 0.6 is 11.6 Å². The van der Waals surface area contributed by atoms with Crippen LogP contribution in [0.15, 0.2) is 53.9 Å². The normalized spacial score (nSPS) is 20.0. The third-order valence-electron chi connectivity index (χ3n) is 4.18. The van der Waals surface area contributed by atoms with Gasteiger partial charge in [-0.3, -0.25) is 14.8 Å². The van der Waals surface area contributed by atoms with E-state index >= 15 is 0 Å². The maximum absolute atomic E-state index is 12.5. The predicted molar refractivity (Wildman–Crippen MR) is 89.4 cm³/mol. The van der Waals surface area contributed by atoms with Crippen molar-refractivity contribution in [3.05, 3.63) is 59.4 Å². The summed E-state index contributed by atoms with van der Waals surface area (Å²) in [6.07, 6.45) is 3.53. The van der Waals surface area contributed by atoms with Crippen molar-refractivity contribution in [2.75, 3.05) is 18.1 Å². The summed E-state index contributed by atoms with van der Waals surface area (Å²) in [5.41, 5.74) is 2.66. The SMILES string of the molecule is O=C1C2=NN(c3ccc(Cl)cc3)CC2CN1Cc1cccnc1. The maximum atomic E-state index is 12.5. The van der Waals surface area contributed by atoms with Gasteiger partial charge in [-0.1, -0.05) is 17.7 Å². The summed E-state index contributed by atoms with van der Waals surface area (Å²) in [5, 5.41) is 7.10. The predicted octanol–water partition coefficient (Wildman–Crippen LogP) is 2.57. The molecule has 0 saturated carbocycles. The van der Waals surface area contributed by atoms with Crippen molar-refractivity contribution in [2.45, 2.75) is 6.54 Å². The summed E-state index contributed by atoms with van der Waals surface area (Å²) in [6, 6.07) is 11.4. The Morgan fingerprint density at radius 1 is 1.17 bits per heavy atom. The van der Waals surface area contributed by atoms with Crippen molar-refractivity contribution in [3.63, 3.8) is 0 Å². The molecule has 6 heteroatoms. The van der Waals surface area contributed by atoms with Gasteiger partial charge in [0.1, 0.15) is 5.71 Å². The van der Waals surface area contributed by atoms with E-state index in [1.165, 1.54) is 0 Å². The average Bonchev–Trinajstić information content (AvgIpc) is 3.10. The molecule has 2 aromatic rings. The van der Waals surface area contributed by atoms with Crippen molar-refractivity contribution < 1.29 is 4.79 Å². The van der Waals surface area contributed by atoms with Gasteiger partial charge in [0.05, 0.1) is 12.2 Å². The molecule has 1 aromatic carbocycles. The number of aromatic nitrogens is 1. The fraction of sp³-hybridized carbons (Fsp3) is 0.235. The topological polar surface area (TPSA) is 48.8 Å². The van der Waals surface area contributed by atoms with Crippen molar-refractivity contribution >= 4 is 28.9 Å². The van der Waals surface area contributed by atoms with Crippen LogP contribution in [0.5, 0.6) is 0 Å². The van der Waals surface area contributed by atoms with Crippen LogP contribution in [0, 0.1) is 5.92 Å². The van der Waals surface area contributed by atoms with Crippen LogP contribution in [0.25, 0.3) is 0 Å². The highest BCUT2D eigenvalue weighted by atomic mass is 35.5. The maximum Gasteiger partial charge on any atom is 0.270 e. The number of rotatable bonds is 3. The van der Waals surface area contributed by atoms with Crippen molar-refractivity contribution in [2.24, 2.45) is 11.0 Å². The van der Waals surface area contributed by atoms with Gasteiger partial charge in [0, 0.05) is 36.4 Å². The molecular weight excluding hydrogens is 312 g/mol. The first-order valence-electron chi connectivity index (χ1n) is 7.50. The van der Waals surface area contributed by atoms with Crippen molar-refractivity contribution in [1.29, 1.82) is 0 Å². The summed E-state index contributed by atoms with van der Waals surface area (Å²) >= 11 is 5.91. The van der Waals surface area contributed by atoms with E-state index in [1.54, 1.807) is 12.4 Å². The molecular formula is C17H15ClN4O. The Bertz CT molecular complexity index is 760. The Balaban J connectivity index is 1.50. The van der Waals surface area contributed by atoms with Crippen molar-refractivity contribution in [3.8, 4) is 0 Å². The lowest BCUT2D eigenvalue weighted by atomic mass is 10.1. The van der Waals surface area contributed by atoms with Gasteiger partial charge in [0.15, 0.2) is 0 Å². The fourth-order valence-electron chi connectivity index (χ4n) is 3.04. The Morgan fingerprint density at radius 2 is 2.00 bits per heavy atom. The van der Waals surface area contributed by atoms with Crippen LogP contribution < -0.4 is 5.01 Å². The first-order chi connectivity index (χ1) is 11.2. The number of carbonyl (C=O) groups is 1. The molecule has 1 unspecified atom stereocenters. The van der Waals surface area contributed by atoms with E-state index in [9.17, 15) is 4.79 Å². The van der Waals surface area contributed by atoms with Gasteiger partial charge in [-0.15, -0.1) is 0 Å². The van der Waals surface area contributed by atoms with Crippen LogP contribution in [0.4, 0.5) is 5.69 Å². The van der Waals surface area contributed by atoms with E-state index in [1.807, 2.05) is 46.3 Å². The van der Waals surface area contributed by atoms with Crippen molar-refractivity contribution in [1.82, 2.24) is 9.88 Å². The lowest BCUT2D eigenvalue weighted by Crippen LogP contribution is -2.29. The molecule has 2 aliphatic rings. The second-order valence-corrected chi connectivity index (χ2v) is 6.22. The van der Waals surface area contributed by atoms with E-state index < -0.39 is 0 Å². The number of pyridine rings is 1. The molecule has 116 valence electrons. The third kappa shape index (κ3) is 2.68. The minimum Gasteiger partial charge on any atom is -0.332 e. The summed E-state index contributed by atoms with van der Waals surface area (Å²) in [5.74, 6) is 0.185. The van der Waals surface area contributed by atoms with Gasteiger partial charge < -0.3 is 4.90 Å². The third-order valence-corrected chi connectivity index (χ3v) is 4.43. The number of carbonyl (C=O) groups excluding carboxylic acids is 1. The number of hydrogen-bond donors (Lipinski definition) is 0. The molecule has 1 saturated heterocycles. The zero-order chi connectivity index (χ0) is 15.8. The fourth-order valence-corrected chi connectivity index (χ4v) is 3.17. The van der Waals surface area contributed by atoms with Gasteiger partial charge in [0.2, 0.25) is 0 Å². The summed E-state index contributed by atoms with van der Waals surface area (Å²) in [6.45, 7) is 2.02. The zero-order valence-corrected chi connectivity index (χ0v) is 13.1. The average molecular weight is 327 g/mol. The molecule has 5 nitrogen and oxygen atoms in total. The number of hydrogen-bond acceptors (Lipinski definition) is 4. The molecule has 3 heterocycles. The van der Waals surface area contributed by atoms with Gasteiger partial charge in [0.25, 0.3) is 5.91 Å². The number of fused-ring (bicyclic) bond motifs is 1. The molecule has 1 aromatic heterocycles. The minimum absolute atomic E-state index is 0.0234. The van der Waals surface area contributed by atoms with Crippen LogP contribution in [0.2, 0.25) is 5.02 Å². The smallest absolute Gasteiger partial charge is 0.270 e. The highest BCUT2D eigenvalue weighted by Crippen LogP contribution is 2.29. The van der Waals surface area contributed by atoms with E-state index in [4.69, 9.17) is 11.6 Å². The van der Waals surface area contributed by atoms with Gasteiger partial charge in [-0.05, 0) is 35.9 Å². The summed E-state index contributed by atoms with van der Waals surface area (Å²) in [7, 11) is 0. The molecule has 1 atom stereocenters. The summed E-state index contributed by atoms with van der Waals surface area (Å²) in [4.78, 5) is 18.5. The first-order valence-corrected chi connectivity index (χ1v) is 7.88. The van der Waals surface area contributed by atoms with Crippen LogP contribution in [-0.4, -0.2) is 34.6 Å². The highest BCUT2D eigenvalue weighted by Gasteiger charge is 2.42. The Hall–Kier alpha value is -2.40. The van der Waals surface area contributed by atoms with Gasteiger partial charge in [-0.2, -0.15) is 5.10 Å². The van der Waals surface area contributed by atoms with E-state index in [0.717, 1.165) is 17.8 Å². The number of anilines is 1. The molecule has 23 heavy (non-hydrogen) atoms. The number of amides is 1. The number of benzene rings is 1. The molecule has 0 aliphatic carbocycles. The van der Waals surface area contributed by atoms with Gasteiger partial charge >= 0.3 is 0 Å². The highest BCUT2D eigenvalue weighted by molar-refractivity contribution is 6.42. The Morgan fingerprint density at radius 3 is 2.70 bits per heavy atom. The molecule has 0 radical (unpaired) electrons. The molecule has 0 bridgehead atoms. The molecule has 4 rings (SSSR count). The second kappa shape index (κ2) is 5.66. The number of halogens is 1. The van der Waals surface area contributed by atoms with E-state index in [-0.39, 0.29) is 11.8 Å². The van der Waals surface area contributed by atoms with Gasteiger partial charge in [-0.25, -0.2) is 0 Å². The minimum atomic E-state index is 0.0234. The van der Waals surface area contributed by atoms with E-state index in [2.05, 4.69) is 10.1 Å². The Kier molecular flexibility index (Phi) is 3.50. The summed E-state index contributed by atoms with van der Waals surface area (Å²) < 4.78 is 0. The van der Waals surface area contributed by atoms with Crippen LogP contribution in [0.3, 0.4) is 0 Å². The van der Waals surface area contributed by atoms with Crippen LogP contribution in [-0.2, 0) is 11.3 Å². The molecule has 0 N–H and O–H groups in total. The monoisotopic (exact) mass is 326 g/mol. The van der Waals surface area contributed by atoms with Crippen LogP contribution in [0.1, 0.15) is 5.56 Å². The second-order valence-electron chi connectivity index (χ2n) is 5.79. The molecule has 1 fully saturated rings. The standard InChI is InChI=1S/C17H15ClN4O/c18-14-3-5-15(6-4-14)22-11-13-10-21(17(23)16(13)20-22)9-12-2-1-7-19-8-12/h1-8,13H,9-11H2.